The molecule has 1 aromatic carbocycles. The summed E-state index contributed by atoms with van der Waals surface area (Å²) in [6.07, 6.45) is 7.43. The molecule has 2 aromatic heterocycles. The summed E-state index contributed by atoms with van der Waals surface area (Å²) >= 11 is 1.70. The number of aromatic nitrogens is 3. The van der Waals surface area contributed by atoms with E-state index < -0.39 is 0 Å². The summed E-state index contributed by atoms with van der Waals surface area (Å²) in [5.74, 6) is 1.72. The first-order chi connectivity index (χ1) is 20.4. The van der Waals surface area contributed by atoms with Crippen molar-refractivity contribution in [2.45, 2.75) is 25.8 Å². The van der Waals surface area contributed by atoms with E-state index >= 15 is 0 Å². The van der Waals surface area contributed by atoms with Crippen molar-refractivity contribution in [2.75, 3.05) is 68.0 Å². The van der Waals surface area contributed by atoms with Crippen LogP contribution in [0, 0.1) is 5.92 Å². The van der Waals surface area contributed by atoms with E-state index in [1.807, 2.05) is 23.3 Å². The van der Waals surface area contributed by atoms with Crippen LogP contribution in [0.15, 0.2) is 60.0 Å². The second kappa shape index (κ2) is 14.0. The van der Waals surface area contributed by atoms with Crippen molar-refractivity contribution in [1.29, 1.82) is 0 Å². The molecule has 3 aromatic rings. The lowest BCUT2D eigenvalue weighted by Gasteiger charge is -2.36. The smallest absolute Gasteiger partial charge is 0.252 e. The van der Waals surface area contributed by atoms with Gasteiger partial charge in [-0.2, -0.15) is 16.7 Å². The third-order valence-electron chi connectivity index (χ3n) is 8.20. The molecule has 1 N–H and O–H groups in total. The second-order valence-electron chi connectivity index (χ2n) is 10.8. The van der Waals surface area contributed by atoms with Crippen molar-refractivity contribution in [1.82, 2.24) is 24.3 Å². The van der Waals surface area contributed by atoms with Crippen molar-refractivity contribution in [3.05, 3.63) is 65.6 Å². The third kappa shape index (κ3) is 7.19. The van der Waals surface area contributed by atoms with Crippen LogP contribution in [-0.4, -0.2) is 93.8 Å². The zero-order chi connectivity index (χ0) is 29.5. The van der Waals surface area contributed by atoms with E-state index in [2.05, 4.69) is 38.8 Å². The summed E-state index contributed by atoms with van der Waals surface area (Å²) in [7, 11) is 0. The lowest BCUT2D eigenvalue weighted by Crippen LogP contribution is -2.48. The lowest BCUT2D eigenvalue weighted by molar-refractivity contribution is -0.131. The molecule has 2 aliphatic heterocycles. The highest BCUT2D eigenvalue weighted by molar-refractivity contribution is 7.98. The number of rotatable bonds is 11. The van der Waals surface area contributed by atoms with Crippen molar-refractivity contribution >= 4 is 51.8 Å². The molecule has 0 saturated carbocycles. The van der Waals surface area contributed by atoms with Gasteiger partial charge < -0.3 is 20.0 Å². The molecule has 222 valence electrons. The number of allylic oxidation sites excluding steroid dienone is 1. The number of pyridine rings is 1. The van der Waals surface area contributed by atoms with Crippen molar-refractivity contribution in [3.8, 4) is 0 Å². The van der Waals surface area contributed by atoms with Gasteiger partial charge in [-0.3, -0.25) is 19.0 Å². The predicted molar refractivity (Wildman–Crippen MR) is 170 cm³/mol. The minimum atomic E-state index is -0.0979. The van der Waals surface area contributed by atoms with E-state index in [1.54, 1.807) is 34.7 Å². The largest absolute Gasteiger partial charge is 0.368 e. The SMILES string of the molecule is C=CC(=O)C1CCN(CCn2c(=O)ccc3cnc(Nc4ccc(N5CCN(C(=O)CCSC)CC5)cc4)nc32)CC1. The maximum absolute atomic E-state index is 12.8. The highest BCUT2D eigenvalue weighted by Crippen LogP contribution is 2.23. The highest BCUT2D eigenvalue weighted by Gasteiger charge is 2.23. The quantitative estimate of drug-likeness (QED) is 0.337. The number of benzene rings is 1. The van der Waals surface area contributed by atoms with Gasteiger partial charge in [-0.05, 0) is 68.6 Å². The first kappa shape index (κ1) is 29.8. The Morgan fingerprint density at radius 1 is 1.02 bits per heavy atom. The Bertz CT molecular complexity index is 1460. The maximum atomic E-state index is 12.8. The van der Waals surface area contributed by atoms with Crippen molar-refractivity contribution < 1.29 is 9.59 Å². The van der Waals surface area contributed by atoms with Crippen LogP contribution in [0.5, 0.6) is 0 Å². The molecule has 2 saturated heterocycles. The van der Waals surface area contributed by atoms with Gasteiger partial charge in [-0.1, -0.05) is 6.58 Å². The molecule has 10 nitrogen and oxygen atoms in total. The summed E-state index contributed by atoms with van der Waals surface area (Å²) in [4.78, 5) is 52.8. The summed E-state index contributed by atoms with van der Waals surface area (Å²) in [5, 5.41) is 4.08. The molecule has 5 rings (SSSR count). The average molecular weight is 590 g/mol. The van der Waals surface area contributed by atoms with Crippen LogP contribution in [0.25, 0.3) is 11.0 Å². The number of piperazine rings is 1. The van der Waals surface area contributed by atoms with Crippen molar-refractivity contribution in [2.24, 2.45) is 5.92 Å². The van der Waals surface area contributed by atoms with E-state index in [1.165, 1.54) is 6.08 Å². The van der Waals surface area contributed by atoms with Crippen LogP contribution < -0.4 is 15.8 Å². The maximum Gasteiger partial charge on any atom is 0.252 e. The molecule has 0 radical (unpaired) electrons. The van der Waals surface area contributed by atoms with Gasteiger partial charge in [0.25, 0.3) is 5.56 Å². The monoisotopic (exact) mass is 589 g/mol. The number of hydrogen-bond acceptors (Lipinski definition) is 9. The zero-order valence-electron chi connectivity index (χ0n) is 24.2. The zero-order valence-corrected chi connectivity index (χ0v) is 25.0. The number of ketones is 1. The van der Waals surface area contributed by atoms with Gasteiger partial charge in [0.1, 0.15) is 5.65 Å². The number of thioether (sulfide) groups is 1. The van der Waals surface area contributed by atoms with Gasteiger partial charge >= 0.3 is 0 Å². The Morgan fingerprint density at radius 2 is 1.76 bits per heavy atom. The Balaban J connectivity index is 1.20. The standard InChI is InChI=1S/C31H39N7O3S/c1-3-27(39)23-10-13-35(14-11-23)15-20-38-29(41)9-4-24-22-32-31(34-30(24)38)33-25-5-7-26(8-6-25)36-16-18-37(19-17-36)28(40)12-21-42-2/h3-9,22-23H,1,10-21H2,2H3,(H,32,33,34). The molecule has 4 heterocycles. The van der Waals surface area contributed by atoms with E-state index in [9.17, 15) is 14.4 Å². The fourth-order valence-corrected chi connectivity index (χ4v) is 6.02. The normalized spacial score (nSPS) is 16.5. The molecule has 42 heavy (non-hydrogen) atoms. The third-order valence-corrected chi connectivity index (χ3v) is 8.81. The van der Waals surface area contributed by atoms with E-state index in [-0.39, 0.29) is 23.2 Å². The lowest BCUT2D eigenvalue weighted by atomic mass is 9.92. The Morgan fingerprint density at radius 3 is 2.45 bits per heavy atom. The van der Waals surface area contributed by atoms with Gasteiger partial charge in [-0.15, -0.1) is 0 Å². The van der Waals surface area contributed by atoms with E-state index in [0.29, 0.717) is 31.1 Å². The number of fused-ring (bicyclic) bond motifs is 1. The first-order valence-corrected chi connectivity index (χ1v) is 16.0. The van der Waals surface area contributed by atoms with E-state index in [0.717, 1.165) is 74.6 Å². The van der Waals surface area contributed by atoms with Crippen LogP contribution in [-0.2, 0) is 16.1 Å². The average Bonchev–Trinajstić information content (AvgIpc) is 3.03. The number of hydrogen-bond donors (Lipinski definition) is 1. The van der Waals surface area contributed by atoms with Crippen LogP contribution in [0.3, 0.4) is 0 Å². The predicted octanol–water partition coefficient (Wildman–Crippen LogP) is 3.40. The number of piperidine rings is 1. The van der Waals surface area contributed by atoms with Gasteiger partial charge in [0.15, 0.2) is 5.78 Å². The summed E-state index contributed by atoms with van der Waals surface area (Å²) < 4.78 is 1.71. The Labute approximate surface area is 250 Å². The minimum absolute atomic E-state index is 0.0602. The molecule has 0 spiro atoms. The minimum Gasteiger partial charge on any atom is -0.368 e. The number of carbonyl (C=O) groups is 2. The molecule has 2 aliphatic rings. The number of nitrogens with zero attached hydrogens (tertiary/aromatic N) is 6. The van der Waals surface area contributed by atoms with Gasteiger partial charge in [0, 0.05) is 86.4 Å². The van der Waals surface area contributed by atoms with Crippen molar-refractivity contribution in [3.63, 3.8) is 0 Å². The number of nitrogens with one attached hydrogen (secondary N) is 1. The number of carbonyl (C=O) groups excluding carboxylic acids is 2. The number of amides is 1. The van der Waals surface area contributed by atoms with Crippen LogP contribution in [0.1, 0.15) is 19.3 Å². The second-order valence-corrected chi connectivity index (χ2v) is 11.8. The summed E-state index contributed by atoms with van der Waals surface area (Å²) in [6, 6.07) is 11.4. The molecular formula is C31H39N7O3S. The molecule has 1 amide bonds. The van der Waals surface area contributed by atoms with Crippen LogP contribution in [0.2, 0.25) is 0 Å². The van der Waals surface area contributed by atoms with E-state index in [4.69, 9.17) is 4.98 Å². The molecule has 0 atom stereocenters. The number of likely N-dealkylation sites (tertiary alicyclic amines) is 1. The summed E-state index contributed by atoms with van der Waals surface area (Å²) in [6.45, 7) is 9.60. The topological polar surface area (TPSA) is 104 Å². The van der Waals surface area contributed by atoms with Crippen LogP contribution in [0.4, 0.5) is 17.3 Å². The molecule has 0 bridgehead atoms. The van der Waals surface area contributed by atoms with Gasteiger partial charge in [-0.25, -0.2) is 4.98 Å². The molecule has 2 fully saturated rings. The fraction of sp³-hybridized carbons (Fsp3) is 0.452. The summed E-state index contributed by atoms with van der Waals surface area (Å²) in [5.41, 5.74) is 2.46. The molecule has 0 aliphatic carbocycles. The first-order valence-electron chi connectivity index (χ1n) is 14.6. The van der Waals surface area contributed by atoms with Gasteiger partial charge in [0.05, 0.1) is 0 Å². The highest BCUT2D eigenvalue weighted by atomic mass is 32.2. The molecular weight excluding hydrogens is 550 g/mol. The molecule has 0 unspecified atom stereocenters. The molecule has 11 heteroatoms. The number of anilines is 3. The Hall–Kier alpha value is -3.70. The van der Waals surface area contributed by atoms with Gasteiger partial charge in [0.2, 0.25) is 11.9 Å². The fourth-order valence-electron chi connectivity index (χ4n) is 5.64. The Kier molecular flexibility index (Phi) is 9.91. The van der Waals surface area contributed by atoms with Crippen LogP contribution >= 0.6 is 11.8 Å².